The normalized spacial score (nSPS) is 21.3. The van der Waals surface area contributed by atoms with E-state index in [1.165, 1.54) is 12.1 Å². The van der Waals surface area contributed by atoms with E-state index in [1.54, 1.807) is 6.07 Å². The van der Waals surface area contributed by atoms with Crippen molar-refractivity contribution < 1.29 is 8.78 Å². The zero-order chi connectivity index (χ0) is 14.0. The molecule has 0 aliphatic carbocycles. The Morgan fingerprint density at radius 2 is 1.84 bits per heavy atom. The molecule has 1 unspecified atom stereocenters. The summed E-state index contributed by atoms with van der Waals surface area (Å²) < 4.78 is 26.3. The summed E-state index contributed by atoms with van der Waals surface area (Å²) >= 11 is 0. The molecule has 0 radical (unpaired) electrons. The molecule has 2 N–H and O–H groups in total. The molecule has 19 heavy (non-hydrogen) atoms. The Hall–Kier alpha value is -1.00. The van der Waals surface area contributed by atoms with Crippen LogP contribution in [0.5, 0.6) is 0 Å². The van der Waals surface area contributed by atoms with Gasteiger partial charge in [-0.3, -0.25) is 4.90 Å². The van der Waals surface area contributed by atoms with E-state index >= 15 is 0 Å². The maximum atomic E-state index is 13.3. The van der Waals surface area contributed by atoms with Crippen LogP contribution in [0.2, 0.25) is 0 Å². The molecule has 1 aromatic rings. The number of hydrogen-bond donors (Lipinski definition) is 1. The van der Waals surface area contributed by atoms with Crippen LogP contribution in [0.1, 0.15) is 38.3 Å². The lowest BCUT2D eigenvalue weighted by Gasteiger charge is -2.41. The van der Waals surface area contributed by atoms with Gasteiger partial charge in [0.1, 0.15) is 0 Å². The Balaban J connectivity index is 2.14. The average Bonchev–Trinajstić information content (AvgIpc) is 2.36. The van der Waals surface area contributed by atoms with Gasteiger partial charge >= 0.3 is 0 Å². The van der Waals surface area contributed by atoms with Crippen LogP contribution in [-0.2, 0) is 0 Å². The van der Waals surface area contributed by atoms with Crippen LogP contribution in [0.25, 0.3) is 0 Å². The van der Waals surface area contributed by atoms with Gasteiger partial charge in [-0.25, -0.2) is 8.78 Å². The second kappa shape index (κ2) is 5.55. The molecule has 0 saturated carbocycles. The fourth-order valence-electron chi connectivity index (χ4n) is 2.66. The maximum Gasteiger partial charge on any atom is 0.159 e. The fourth-order valence-corrected chi connectivity index (χ4v) is 2.66. The van der Waals surface area contributed by atoms with Crippen LogP contribution >= 0.6 is 0 Å². The van der Waals surface area contributed by atoms with Gasteiger partial charge in [-0.15, -0.1) is 0 Å². The fraction of sp³-hybridized carbons (Fsp3) is 0.600. The lowest BCUT2D eigenvalue weighted by Crippen LogP contribution is -2.42. The minimum absolute atomic E-state index is 0.0220. The van der Waals surface area contributed by atoms with Gasteiger partial charge in [0.2, 0.25) is 0 Å². The van der Waals surface area contributed by atoms with E-state index in [9.17, 15) is 8.78 Å². The minimum atomic E-state index is -0.806. The summed E-state index contributed by atoms with van der Waals surface area (Å²) in [6.07, 6.45) is 2.21. The molecule has 0 amide bonds. The molecule has 4 heteroatoms. The summed E-state index contributed by atoms with van der Waals surface area (Å²) in [6.45, 7) is 6.85. The van der Waals surface area contributed by atoms with Gasteiger partial charge in [0.25, 0.3) is 0 Å². The van der Waals surface area contributed by atoms with Gasteiger partial charge in [0.15, 0.2) is 11.6 Å². The SMILES string of the molecule is CC1(C)CCN(C(CN)c2ccc(F)c(F)c2)CC1. The first-order chi connectivity index (χ1) is 8.93. The highest BCUT2D eigenvalue weighted by atomic mass is 19.2. The zero-order valence-electron chi connectivity index (χ0n) is 11.6. The molecule has 0 bridgehead atoms. The van der Waals surface area contributed by atoms with Crippen molar-refractivity contribution in [1.82, 2.24) is 4.90 Å². The second-order valence-corrected chi connectivity index (χ2v) is 6.13. The number of hydrogen-bond acceptors (Lipinski definition) is 2. The van der Waals surface area contributed by atoms with E-state index in [-0.39, 0.29) is 6.04 Å². The van der Waals surface area contributed by atoms with Crippen molar-refractivity contribution in [2.24, 2.45) is 11.1 Å². The van der Waals surface area contributed by atoms with E-state index in [4.69, 9.17) is 5.73 Å². The van der Waals surface area contributed by atoms with Gasteiger partial charge < -0.3 is 5.73 Å². The van der Waals surface area contributed by atoms with Crippen LogP contribution in [0.15, 0.2) is 18.2 Å². The van der Waals surface area contributed by atoms with Crippen molar-refractivity contribution in [1.29, 1.82) is 0 Å². The van der Waals surface area contributed by atoms with Crippen LogP contribution in [0.4, 0.5) is 8.78 Å². The lowest BCUT2D eigenvalue weighted by molar-refractivity contribution is 0.0962. The number of rotatable bonds is 3. The van der Waals surface area contributed by atoms with E-state index in [1.807, 2.05) is 0 Å². The standard InChI is InChI=1S/C15H22F2N2/c1-15(2)5-7-19(8-6-15)14(10-18)11-3-4-12(16)13(17)9-11/h3-4,9,14H,5-8,10,18H2,1-2H3. The Labute approximate surface area is 113 Å². The van der Waals surface area contributed by atoms with E-state index in [0.717, 1.165) is 31.5 Å². The molecular formula is C15H22F2N2. The summed E-state index contributed by atoms with van der Waals surface area (Å²) in [4.78, 5) is 2.28. The topological polar surface area (TPSA) is 29.3 Å². The summed E-state index contributed by atoms with van der Waals surface area (Å²) in [5, 5.41) is 0. The first kappa shape index (κ1) is 14.4. The average molecular weight is 268 g/mol. The van der Waals surface area contributed by atoms with Crippen molar-refractivity contribution in [3.8, 4) is 0 Å². The van der Waals surface area contributed by atoms with Gasteiger partial charge in [-0.2, -0.15) is 0 Å². The smallest absolute Gasteiger partial charge is 0.159 e. The first-order valence-corrected chi connectivity index (χ1v) is 6.82. The molecule has 1 aliphatic rings. The van der Waals surface area contributed by atoms with Gasteiger partial charge in [0, 0.05) is 12.6 Å². The Kier molecular flexibility index (Phi) is 4.21. The third-order valence-electron chi connectivity index (χ3n) is 4.14. The van der Waals surface area contributed by atoms with Crippen molar-refractivity contribution in [2.75, 3.05) is 19.6 Å². The van der Waals surface area contributed by atoms with Gasteiger partial charge in [-0.1, -0.05) is 19.9 Å². The van der Waals surface area contributed by atoms with E-state index in [2.05, 4.69) is 18.7 Å². The summed E-state index contributed by atoms with van der Waals surface area (Å²) in [5.74, 6) is -1.60. The van der Waals surface area contributed by atoms with Crippen LogP contribution in [0, 0.1) is 17.0 Å². The molecule has 0 aromatic heterocycles. The quantitative estimate of drug-likeness (QED) is 0.912. The van der Waals surface area contributed by atoms with Gasteiger partial charge in [-0.05, 0) is 49.0 Å². The highest BCUT2D eigenvalue weighted by Crippen LogP contribution is 2.33. The third kappa shape index (κ3) is 3.31. The number of benzene rings is 1. The molecule has 1 fully saturated rings. The molecule has 106 valence electrons. The minimum Gasteiger partial charge on any atom is -0.329 e. The number of nitrogens with zero attached hydrogens (tertiary/aromatic N) is 1. The molecule has 2 rings (SSSR count). The Morgan fingerprint density at radius 1 is 1.21 bits per heavy atom. The summed E-state index contributed by atoms with van der Waals surface area (Å²) in [7, 11) is 0. The zero-order valence-corrected chi connectivity index (χ0v) is 11.6. The van der Waals surface area contributed by atoms with Crippen molar-refractivity contribution in [3.05, 3.63) is 35.4 Å². The molecule has 2 nitrogen and oxygen atoms in total. The third-order valence-corrected chi connectivity index (χ3v) is 4.14. The number of likely N-dealkylation sites (tertiary alicyclic amines) is 1. The highest BCUT2D eigenvalue weighted by molar-refractivity contribution is 5.22. The Bertz CT molecular complexity index is 436. The molecule has 1 atom stereocenters. The van der Waals surface area contributed by atoms with Crippen LogP contribution in [-0.4, -0.2) is 24.5 Å². The van der Waals surface area contributed by atoms with Crippen LogP contribution < -0.4 is 5.73 Å². The predicted octanol–water partition coefficient (Wildman–Crippen LogP) is 3.09. The highest BCUT2D eigenvalue weighted by Gasteiger charge is 2.29. The maximum absolute atomic E-state index is 13.3. The molecule has 1 aromatic carbocycles. The van der Waals surface area contributed by atoms with Gasteiger partial charge in [0.05, 0.1) is 0 Å². The predicted molar refractivity (Wildman–Crippen MR) is 72.7 cm³/mol. The number of halogens is 2. The second-order valence-electron chi connectivity index (χ2n) is 6.13. The molecule has 0 spiro atoms. The Morgan fingerprint density at radius 3 is 2.37 bits per heavy atom. The molecule has 1 heterocycles. The molecule has 1 aliphatic heterocycles. The summed E-state index contributed by atoms with van der Waals surface area (Å²) in [6, 6.07) is 4.06. The van der Waals surface area contributed by atoms with Crippen LogP contribution in [0.3, 0.4) is 0 Å². The number of piperidine rings is 1. The van der Waals surface area contributed by atoms with E-state index < -0.39 is 11.6 Å². The van der Waals surface area contributed by atoms with Crippen molar-refractivity contribution >= 4 is 0 Å². The summed E-state index contributed by atoms with van der Waals surface area (Å²) in [5.41, 5.74) is 6.96. The van der Waals surface area contributed by atoms with E-state index in [0.29, 0.717) is 12.0 Å². The monoisotopic (exact) mass is 268 g/mol. The van der Waals surface area contributed by atoms with Crippen molar-refractivity contribution in [3.63, 3.8) is 0 Å². The number of nitrogens with two attached hydrogens (primary N) is 1. The molecule has 1 saturated heterocycles. The van der Waals surface area contributed by atoms with Crippen molar-refractivity contribution in [2.45, 2.75) is 32.7 Å². The largest absolute Gasteiger partial charge is 0.329 e. The molecular weight excluding hydrogens is 246 g/mol. The first-order valence-electron chi connectivity index (χ1n) is 6.82. The lowest BCUT2D eigenvalue weighted by atomic mass is 9.82.